The summed E-state index contributed by atoms with van der Waals surface area (Å²) in [6, 6.07) is 9.84. The van der Waals surface area contributed by atoms with Crippen molar-refractivity contribution >= 4 is 5.91 Å². The molecular weight excluding hydrogens is 312 g/mol. The summed E-state index contributed by atoms with van der Waals surface area (Å²) in [6.07, 6.45) is 8.40. The second kappa shape index (κ2) is 8.26. The summed E-state index contributed by atoms with van der Waals surface area (Å²) in [4.78, 5) is 18.5. The van der Waals surface area contributed by atoms with Crippen LogP contribution in [-0.2, 0) is 4.74 Å². The molecule has 1 amide bonds. The first kappa shape index (κ1) is 17.6. The number of hydrogen-bond acceptors (Lipinski definition) is 3. The second-order valence-electron chi connectivity index (χ2n) is 6.77. The Morgan fingerprint density at radius 1 is 1.28 bits per heavy atom. The molecule has 1 aromatic carbocycles. The average Bonchev–Trinajstić information content (AvgIpc) is 3.15. The number of aromatic nitrogens is 1. The number of ether oxygens (including phenoxy) is 1. The lowest BCUT2D eigenvalue weighted by Gasteiger charge is -2.18. The van der Waals surface area contributed by atoms with E-state index in [2.05, 4.69) is 4.98 Å². The molecule has 0 N–H and O–H groups in total. The van der Waals surface area contributed by atoms with Crippen LogP contribution in [0.4, 0.5) is 0 Å². The van der Waals surface area contributed by atoms with Crippen molar-refractivity contribution in [2.75, 3.05) is 20.2 Å². The topological polar surface area (TPSA) is 42.4 Å². The van der Waals surface area contributed by atoms with E-state index in [4.69, 9.17) is 4.74 Å². The molecule has 3 rings (SSSR count). The minimum atomic E-state index is 0.0744. The number of aryl methyl sites for hydroxylation is 1. The van der Waals surface area contributed by atoms with Gasteiger partial charge in [-0.1, -0.05) is 12.1 Å². The Morgan fingerprint density at radius 3 is 2.76 bits per heavy atom. The van der Waals surface area contributed by atoms with E-state index < -0.39 is 0 Å². The first-order chi connectivity index (χ1) is 12.1. The van der Waals surface area contributed by atoms with Crippen molar-refractivity contribution in [2.24, 2.45) is 0 Å². The number of hydrogen-bond donors (Lipinski definition) is 0. The molecule has 0 bridgehead atoms. The van der Waals surface area contributed by atoms with Crippen LogP contribution >= 0.6 is 0 Å². The molecule has 2 heterocycles. The molecule has 1 aromatic heterocycles. The maximum absolute atomic E-state index is 12.6. The van der Waals surface area contributed by atoms with Crippen LogP contribution in [0.15, 0.2) is 42.7 Å². The maximum atomic E-state index is 12.6. The maximum Gasteiger partial charge on any atom is 0.253 e. The van der Waals surface area contributed by atoms with Gasteiger partial charge in [0.25, 0.3) is 5.91 Å². The van der Waals surface area contributed by atoms with Gasteiger partial charge in [-0.3, -0.25) is 9.78 Å². The molecule has 132 valence electrons. The van der Waals surface area contributed by atoms with Gasteiger partial charge in [-0.25, -0.2) is 0 Å². The smallest absolute Gasteiger partial charge is 0.253 e. The first-order valence-electron chi connectivity index (χ1n) is 9.03. The summed E-state index contributed by atoms with van der Waals surface area (Å²) in [5, 5.41) is 0. The summed E-state index contributed by atoms with van der Waals surface area (Å²) in [7, 11) is 1.87. The van der Waals surface area contributed by atoms with E-state index in [0.717, 1.165) is 54.7 Å². The van der Waals surface area contributed by atoms with Crippen LogP contribution in [0.25, 0.3) is 11.1 Å². The van der Waals surface area contributed by atoms with Crippen molar-refractivity contribution in [2.45, 2.75) is 38.7 Å². The zero-order valence-electron chi connectivity index (χ0n) is 15.1. The number of benzene rings is 1. The molecule has 4 heteroatoms. The van der Waals surface area contributed by atoms with Crippen LogP contribution in [0.2, 0.25) is 0 Å². The van der Waals surface area contributed by atoms with Gasteiger partial charge in [0, 0.05) is 38.2 Å². The molecule has 25 heavy (non-hydrogen) atoms. The Labute approximate surface area is 149 Å². The number of nitrogens with zero attached hydrogens (tertiary/aromatic N) is 2. The molecule has 0 unspecified atom stereocenters. The van der Waals surface area contributed by atoms with E-state index in [1.807, 2.05) is 55.4 Å². The van der Waals surface area contributed by atoms with Crippen molar-refractivity contribution in [3.05, 3.63) is 53.9 Å². The minimum Gasteiger partial charge on any atom is -0.378 e. The standard InChI is InChI=1S/C21H26N2O2/c1-16-15-22-12-11-20(16)17-7-9-18(10-8-17)21(24)23(2)13-3-5-19-6-4-14-25-19/h7-12,15,19H,3-6,13-14H2,1-2H3/t19-/m0/s1. The number of carbonyl (C=O) groups excluding carboxylic acids is 1. The summed E-state index contributed by atoms with van der Waals surface area (Å²) in [5.41, 5.74) is 4.12. The Morgan fingerprint density at radius 2 is 2.08 bits per heavy atom. The number of amides is 1. The molecule has 0 aliphatic carbocycles. The SMILES string of the molecule is Cc1cnccc1-c1ccc(C(=O)N(C)CCC[C@H]2CCCO2)cc1. The summed E-state index contributed by atoms with van der Waals surface area (Å²) in [5.74, 6) is 0.0744. The van der Waals surface area contributed by atoms with Gasteiger partial charge in [-0.15, -0.1) is 0 Å². The monoisotopic (exact) mass is 338 g/mol. The molecule has 0 saturated carbocycles. The van der Waals surface area contributed by atoms with Crippen molar-refractivity contribution in [1.82, 2.24) is 9.88 Å². The zero-order valence-corrected chi connectivity index (χ0v) is 15.1. The van der Waals surface area contributed by atoms with Gasteiger partial charge in [0.15, 0.2) is 0 Å². The Kier molecular flexibility index (Phi) is 5.82. The van der Waals surface area contributed by atoms with Gasteiger partial charge in [0.1, 0.15) is 0 Å². The molecule has 0 spiro atoms. The van der Waals surface area contributed by atoms with Crippen LogP contribution < -0.4 is 0 Å². The van der Waals surface area contributed by atoms with Crippen molar-refractivity contribution in [1.29, 1.82) is 0 Å². The third kappa shape index (κ3) is 4.45. The molecule has 1 aliphatic rings. The minimum absolute atomic E-state index is 0.0744. The fourth-order valence-electron chi connectivity index (χ4n) is 3.34. The van der Waals surface area contributed by atoms with Crippen LogP contribution in [-0.4, -0.2) is 42.1 Å². The summed E-state index contributed by atoms with van der Waals surface area (Å²) in [6.45, 7) is 3.70. The predicted molar refractivity (Wildman–Crippen MR) is 99.6 cm³/mol. The number of carbonyl (C=O) groups is 1. The summed E-state index contributed by atoms with van der Waals surface area (Å²) < 4.78 is 5.64. The van der Waals surface area contributed by atoms with Crippen LogP contribution in [0.1, 0.15) is 41.6 Å². The van der Waals surface area contributed by atoms with E-state index >= 15 is 0 Å². The van der Waals surface area contributed by atoms with Gasteiger partial charge in [0.2, 0.25) is 0 Å². The van der Waals surface area contributed by atoms with Gasteiger partial charge in [-0.05, 0) is 67.5 Å². The largest absolute Gasteiger partial charge is 0.378 e. The van der Waals surface area contributed by atoms with E-state index in [9.17, 15) is 4.79 Å². The molecule has 1 saturated heterocycles. The van der Waals surface area contributed by atoms with Crippen LogP contribution in [0.3, 0.4) is 0 Å². The average molecular weight is 338 g/mol. The van der Waals surface area contributed by atoms with Crippen LogP contribution in [0, 0.1) is 6.92 Å². The lowest BCUT2D eigenvalue weighted by Crippen LogP contribution is -2.28. The molecule has 1 atom stereocenters. The molecule has 4 nitrogen and oxygen atoms in total. The second-order valence-corrected chi connectivity index (χ2v) is 6.77. The van der Waals surface area contributed by atoms with E-state index in [1.54, 1.807) is 6.20 Å². The third-order valence-electron chi connectivity index (χ3n) is 4.85. The van der Waals surface area contributed by atoms with Gasteiger partial charge in [-0.2, -0.15) is 0 Å². The Hall–Kier alpha value is -2.20. The fourth-order valence-corrected chi connectivity index (χ4v) is 3.34. The number of pyridine rings is 1. The van der Waals surface area contributed by atoms with E-state index in [1.165, 1.54) is 6.42 Å². The van der Waals surface area contributed by atoms with Crippen molar-refractivity contribution < 1.29 is 9.53 Å². The highest BCUT2D eigenvalue weighted by atomic mass is 16.5. The third-order valence-corrected chi connectivity index (χ3v) is 4.85. The van der Waals surface area contributed by atoms with Crippen molar-refractivity contribution in [3.63, 3.8) is 0 Å². The van der Waals surface area contributed by atoms with Crippen molar-refractivity contribution in [3.8, 4) is 11.1 Å². The molecule has 2 aromatic rings. The fraction of sp³-hybridized carbons (Fsp3) is 0.429. The normalized spacial score (nSPS) is 16.8. The Balaban J connectivity index is 1.57. The summed E-state index contributed by atoms with van der Waals surface area (Å²) >= 11 is 0. The predicted octanol–water partition coefficient (Wildman–Crippen LogP) is 4.09. The number of rotatable bonds is 6. The van der Waals surface area contributed by atoms with E-state index in [-0.39, 0.29) is 5.91 Å². The van der Waals surface area contributed by atoms with Crippen LogP contribution in [0.5, 0.6) is 0 Å². The molecular formula is C21H26N2O2. The molecule has 1 fully saturated rings. The Bertz CT molecular complexity index is 706. The zero-order chi connectivity index (χ0) is 17.6. The lowest BCUT2D eigenvalue weighted by atomic mass is 10.0. The van der Waals surface area contributed by atoms with Gasteiger partial charge in [0.05, 0.1) is 6.10 Å². The molecule has 0 radical (unpaired) electrons. The highest BCUT2D eigenvalue weighted by Gasteiger charge is 2.16. The highest BCUT2D eigenvalue weighted by Crippen LogP contribution is 2.23. The quantitative estimate of drug-likeness (QED) is 0.797. The van der Waals surface area contributed by atoms with Gasteiger partial charge < -0.3 is 9.64 Å². The highest BCUT2D eigenvalue weighted by molar-refractivity contribution is 5.94. The first-order valence-corrected chi connectivity index (χ1v) is 9.03. The molecule has 1 aliphatic heterocycles. The van der Waals surface area contributed by atoms with Gasteiger partial charge >= 0.3 is 0 Å². The lowest BCUT2D eigenvalue weighted by molar-refractivity contribution is 0.0763. The van der Waals surface area contributed by atoms with E-state index in [0.29, 0.717) is 6.10 Å².